The first kappa shape index (κ1) is 11.7. The fourth-order valence-corrected chi connectivity index (χ4v) is 2.32. The molecule has 0 aromatic heterocycles. The molecule has 82 valence electrons. The molecule has 14 heavy (non-hydrogen) atoms. The highest BCUT2D eigenvalue weighted by molar-refractivity contribution is 4.83. The molecule has 1 fully saturated rings. The van der Waals surface area contributed by atoms with E-state index in [1.807, 2.05) is 0 Å². The maximum absolute atomic E-state index is 5.79. The van der Waals surface area contributed by atoms with Crippen molar-refractivity contribution in [3.63, 3.8) is 0 Å². The molecule has 0 saturated heterocycles. The van der Waals surface area contributed by atoms with Gasteiger partial charge in [0.05, 0.1) is 0 Å². The Bertz CT molecular complexity index is 160. The number of nitrogens with two attached hydrogens (primary N) is 1. The van der Waals surface area contributed by atoms with Gasteiger partial charge in [-0.25, -0.2) is 0 Å². The van der Waals surface area contributed by atoms with Crippen LogP contribution in [0.5, 0.6) is 0 Å². The number of allylic oxidation sites excluding steroid dienone is 1. The minimum Gasteiger partial charge on any atom is -0.329 e. The van der Waals surface area contributed by atoms with Gasteiger partial charge in [-0.15, -0.1) is 0 Å². The van der Waals surface area contributed by atoms with Crippen LogP contribution < -0.4 is 11.1 Å². The van der Waals surface area contributed by atoms with Gasteiger partial charge in [-0.2, -0.15) is 0 Å². The maximum atomic E-state index is 5.79. The number of hydrogen-bond donors (Lipinski definition) is 2. The predicted octanol–water partition coefficient (Wildman–Crippen LogP) is 2.06. The Labute approximate surface area is 87.9 Å². The van der Waals surface area contributed by atoms with Crippen LogP contribution in [0.4, 0.5) is 0 Å². The molecule has 1 unspecified atom stereocenters. The molecule has 1 rings (SSSR count). The molecule has 1 saturated carbocycles. The smallest absolute Gasteiger partial charge is 0.0218 e. The summed E-state index contributed by atoms with van der Waals surface area (Å²) in [6.45, 7) is 3.93. The van der Waals surface area contributed by atoms with E-state index in [9.17, 15) is 0 Å². The molecule has 0 aromatic carbocycles. The monoisotopic (exact) mass is 196 g/mol. The molecular formula is C12H24N2. The van der Waals surface area contributed by atoms with Crippen molar-refractivity contribution in [3.8, 4) is 0 Å². The zero-order chi connectivity index (χ0) is 10.2. The molecule has 2 nitrogen and oxygen atoms in total. The zero-order valence-electron chi connectivity index (χ0n) is 9.34. The highest BCUT2D eigenvalue weighted by Gasteiger charge is 2.22. The van der Waals surface area contributed by atoms with Gasteiger partial charge >= 0.3 is 0 Å². The number of hydrogen-bond acceptors (Lipinski definition) is 2. The molecule has 0 aromatic rings. The molecule has 0 heterocycles. The minimum absolute atomic E-state index is 0.558. The first-order valence-electron chi connectivity index (χ1n) is 5.93. The third-order valence-electron chi connectivity index (χ3n) is 3.18. The molecule has 1 aliphatic rings. The van der Waals surface area contributed by atoms with Crippen molar-refractivity contribution in [2.24, 2.45) is 11.7 Å². The predicted molar refractivity (Wildman–Crippen MR) is 62.2 cm³/mol. The van der Waals surface area contributed by atoms with Gasteiger partial charge in [0.15, 0.2) is 0 Å². The normalized spacial score (nSPS) is 20.7. The molecule has 0 bridgehead atoms. The largest absolute Gasteiger partial charge is 0.329 e. The van der Waals surface area contributed by atoms with E-state index < -0.39 is 0 Å². The quantitative estimate of drug-likeness (QED) is 0.504. The Morgan fingerprint density at radius 3 is 2.71 bits per heavy atom. The lowest BCUT2D eigenvalue weighted by molar-refractivity contribution is 0.367. The van der Waals surface area contributed by atoms with Crippen molar-refractivity contribution < 1.29 is 0 Å². The van der Waals surface area contributed by atoms with Crippen LogP contribution in [-0.4, -0.2) is 19.1 Å². The molecule has 0 spiro atoms. The minimum atomic E-state index is 0.558. The Morgan fingerprint density at radius 2 is 2.14 bits per heavy atom. The van der Waals surface area contributed by atoms with Crippen molar-refractivity contribution in [2.75, 3.05) is 13.1 Å². The maximum Gasteiger partial charge on any atom is 0.0218 e. The average molecular weight is 196 g/mol. The van der Waals surface area contributed by atoms with Gasteiger partial charge in [0.1, 0.15) is 0 Å². The van der Waals surface area contributed by atoms with Gasteiger partial charge < -0.3 is 11.1 Å². The van der Waals surface area contributed by atoms with Crippen LogP contribution in [-0.2, 0) is 0 Å². The van der Waals surface area contributed by atoms with Crippen LogP contribution in [0.15, 0.2) is 12.2 Å². The first-order chi connectivity index (χ1) is 6.88. The number of rotatable bonds is 6. The van der Waals surface area contributed by atoms with Gasteiger partial charge in [0.25, 0.3) is 0 Å². The fourth-order valence-electron chi connectivity index (χ4n) is 2.32. The summed E-state index contributed by atoms with van der Waals surface area (Å²) < 4.78 is 0. The van der Waals surface area contributed by atoms with Crippen molar-refractivity contribution >= 4 is 0 Å². The number of nitrogens with one attached hydrogen (secondary N) is 1. The zero-order valence-corrected chi connectivity index (χ0v) is 9.34. The summed E-state index contributed by atoms with van der Waals surface area (Å²) in [7, 11) is 0. The van der Waals surface area contributed by atoms with Crippen molar-refractivity contribution in [3.05, 3.63) is 12.2 Å². The summed E-state index contributed by atoms with van der Waals surface area (Å²) in [6.07, 6.45) is 11.0. The molecule has 0 aliphatic heterocycles. The van der Waals surface area contributed by atoms with E-state index in [2.05, 4.69) is 24.4 Å². The van der Waals surface area contributed by atoms with E-state index in [0.29, 0.717) is 6.04 Å². The van der Waals surface area contributed by atoms with Gasteiger partial charge in [-0.05, 0) is 38.6 Å². The summed E-state index contributed by atoms with van der Waals surface area (Å²) in [4.78, 5) is 0. The van der Waals surface area contributed by atoms with E-state index in [1.165, 1.54) is 25.7 Å². The van der Waals surface area contributed by atoms with Gasteiger partial charge in [0.2, 0.25) is 0 Å². The van der Waals surface area contributed by atoms with Gasteiger partial charge in [0, 0.05) is 12.6 Å². The third kappa shape index (κ3) is 3.81. The van der Waals surface area contributed by atoms with E-state index in [-0.39, 0.29) is 0 Å². The summed E-state index contributed by atoms with van der Waals surface area (Å²) in [6, 6.07) is 0.558. The highest BCUT2D eigenvalue weighted by Crippen LogP contribution is 2.27. The molecular weight excluding hydrogens is 172 g/mol. The SMILES string of the molecule is C/C=C/CCNC(CN)C1CCCC1. The Hall–Kier alpha value is -0.340. The van der Waals surface area contributed by atoms with Crippen molar-refractivity contribution in [2.45, 2.75) is 45.1 Å². The summed E-state index contributed by atoms with van der Waals surface area (Å²) in [5.74, 6) is 0.839. The lowest BCUT2D eigenvalue weighted by atomic mass is 9.98. The van der Waals surface area contributed by atoms with Crippen molar-refractivity contribution in [1.82, 2.24) is 5.32 Å². The Morgan fingerprint density at radius 1 is 1.43 bits per heavy atom. The fraction of sp³-hybridized carbons (Fsp3) is 0.833. The summed E-state index contributed by atoms with van der Waals surface area (Å²) in [5.41, 5.74) is 5.79. The van der Waals surface area contributed by atoms with Crippen LogP contribution in [0, 0.1) is 5.92 Å². The van der Waals surface area contributed by atoms with Gasteiger partial charge in [-0.1, -0.05) is 25.0 Å². The standard InChI is InChI=1S/C12H24N2/c1-2-3-6-9-14-12(10-13)11-7-4-5-8-11/h2-3,11-12,14H,4-10,13H2,1H3/b3-2+. The topological polar surface area (TPSA) is 38.0 Å². The van der Waals surface area contributed by atoms with Crippen LogP contribution in [0.3, 0.4) is 0 Å². The van der Waals surface area contributed by atoms with Crippen LogP contribution in [0.25, 0.3) is 0 Å². The summed E-state index contributed by atoms with van der Waals surface area (Å²) in [5, 5.41) is 3.57. The highest BCUT2D eigenvalue weighted by atomic mass is 14.9. The van der Waals surface area contributed by atoms with E-state index in [1.54, 1.807) is 0 Å². The van der Waals surface area contributed by atoms with Crippen LogP contribution in [0.2, 0.25) is 0 Å². The first-order valence-corrected chi connectivity index (χ1v) is 5.93. The Balaban J connectivity index is 2.17. The van der Waals surface area contributed by atoms with E-state index in [0.717, 1.165) is 25.4 Å². The summed E-state index contributed by atoms with van der Waals surface area (Å²) >= 11 is 0. The second kappa shape index (κ2) is 7.02. The molecule has 1 atom stereocenters. The molecule has 1 aliphatic carbocycles. The molecule has 0 radical (unpaired) electrons. The molecule has 0 amide bonds. The van der Waals surface area contributed by atoms with Crippen LogP contribution >= 0.6 is 0 Å². The Kier molecular flexibility index (Phi) is 5.88. The van der Waals surface area contributed by atoms with Gasteiger partial charge in [-0.3, -0.25) is 0 Å². The third-order valence-corrected chi connectivity index (χ3v) is 3.18. The second-order valence-electron chi connectivity index (χ2n) is 4.20. The lowest BCUT2D eigenvalue weighted by Gasteiger charge is -2.22. The molecule has 3 N–H and O–H groups in total. The average Bonchev–Trinajstić information content (AvgIpc) is 2.71. The molecule has 2 heteroatoms. The lowest BCUT2D eigenvalue weighted by Crippen LogP contribution is -2.41. The van der Waals surface area contributed by atoms with Crippen LogP contribution in [0.1, 0.15) is 39.0 Å². The van der Waals surface area contributed by atoms with Crippen molar-refractivity contribution in [1.29, 1.82) is 0 Å². The second-order valence-corrected chi connectivity index (χ2v) is 4.20. The van der Waals surface area contributed by atoms with E-state index in [4.69, 9.17) is 5.73 Å². The van der Waals surface area contributed by atoms with E-state index >= 15 is 0 Å².